The van der Waals surface area contributed by atoms with Crippen molar-refractivity contribution in [1.29, 1.82) is 0 Å². The van der Waals surface area contributed by atoms with Crippen LogP contribution in [0.4, 0.5) is 0 Å². The number of nitrogens with two attached hydrogens (primary N) is 1. The summed E-state index contributed by atoms with van der Waals surface area (Å²) in [6.07, 6.45) is -0.651. The summed E-state index contributed by atoms with van der Waals surface area (Å²) in [6, 6.07) is -0.314. The van der Waals surface area contributed by atoms with Gasteiger partial charge in [0.25, 0.3) is 0 Å². The van der Waals surface area contributed by atoms with Crippen LogP contribution in [0.15, 0.2) is 24.3 Å². The molecule has 0 aliphatic rings. The Bertz CT molecular complexity index is 1450. The molecule has 6 atom stereocenters. The number of phenols is 1. The van der Waals surface area contributed by atoms with Crippen LogP contribution in [0.2, 0.25) is 0 Å². The molecule has 52 heavy (non-hydrogen) atoms. The Balaban J connectivity index is 3.11. The Morgan fingerprint density at radius 2 is 1.31 bits per heavy atom. The third kappa shape index (κ3) is 16.8. The first-order valence-corrected chi connectivity index (χ1v) is 16.6. The van der Waals surface area contributed by atoms with Crippen LogP contribution >= 0.6 is 0 Å². The van der Waals surface area contributed by atoms with Gasteiger partial charge in [-0.2, -0.15) is 0 Å². The highest BCUT2D eigenvalue weighted by Crippen LogP contribution is 2.12. The Hall–Kier alpha value is -5.75. The summed E-state index contributed by atoms with van der Waals surface area (Å²) in [4.78, 5) is 112. The summed E-state index contributed by atoms with van der Waals surface area (Å²) in [5.41, 5.74) is 5.83. The Morgan fingerprint density at radius 3 is 1.85 bits per heavy atom. The summed E-state index contributed by atoms with van der Waals surface area (Å²) in [5.74, 6) is -7.70. The van der Waals surface area contributed by atoms with Gasteiger partial charge in [0.05, 0.1) is 6.54 Å². The van der Waals surface area contributed by atoms with Gasteiger partial charge in [0, 0.05) is 33.2 Å². The molecule has 0 saturated carbocycles. The van der Waals surface area contributed by atoms with E-state index in [-0.39, 0.29) is 25.1 Å². The molecule has 0 aliphatic heterocycles. The number of hydrogen-bond donors (Lipinski definition) is 10. The molecular weight excluding hydrogens is 684 g/mol. The molecule has 0 spiro atoms. The largest absolute Gasteiger partial charge is 0.508 e. The zero-order chi connectivity index (χ0) is 39.5. The number of nitrogens with one attached hydrogen (secondary N) is 7. The average Bonchev–Trinajstić information content (AvgIpc) is 3.06. The van der Waals surface area contributed by atoms with Gasteiger partial charge in [-0.3, -0.25) is 43.2 Å². The fraction of sp³-hybridized carbons (Fsp3) is 0.545. The van der Waals surface area contributed by atoms with Crippen molar-refractivity contribution in [3.63, 3.8) is 0 Å². The second kappa shape index (κ2) is 22.1. The summed E-state index contributed by atoms with van der Waals surface area (Å²) in [7, 11) is 0. The van der Waals surface area contributed by atoms with Gasteiger partial charge in [-0.1, -0.05) is 32.4 Å². The Labute approximate surface area is 301 Å². The average molecular weight is 735 g/mol. The molecule has 1 aromatic carbocycles. The van der Waals surface area contributed by atoms with E-state index in [0.29, 0.717) is 12.0 Å². The molecule has 1 aromatic rings. The van der Waals surface area contributed by atoms with Crippen LogP contribution in [0.3, 0.4) is 0 Å². The monoisotopic (exact) mass is 734 g/mol. The van der Waals surface area contributed by atoms with Crippen LogP contribution < -0.4 is 43.0 Å². The summed E-state index contributed by atoms with van der Waals surface area (Å²) in [5, 5.41) is 35.9. The maximum Gasteiger partial charge on any atom is 0.303 e. The maximum atomic E-state index is 13.5. The molecule has 0 aromatic heterocycles. The van der Waals surface area contributed by atoms with Gasteiger partial charge in [-0.15, -0.1) is 0 Å². The minimum absolute atomic E-state index is 0.000524. The van der Waals surface area contributed by atoms with E-state index in [1.165, 1.54) is 32.9 Å². The van der Waals surface area contributed by atoms with Crippen molar-refractivity contribution in [1.82, 2.24) is 37.2 Å². The number of carbonyl (C=O) groups is 9. The number of hydrogen-bond acceptors (Lipinski definition) is 10. The number of primary amides is 1. The van der Waals surface area contributed by atoms with E-state index in [0.717, 1.165) is 0 Å². The number of carbonyl (C=O) groups excluding carboxylic acids is 8. The highest BCUT2D eigenvalue weighted by Gasteiger charge is 2.33. The number of aromatic hydroxyl groups is 1. The molecule has 0 unspecified atom stereocenters. The van der Waals surface area contributed by atoms with E-state index < -0.39 is 109 Å². The van der Waals surface area contributed by atoms with E-state index in [1.54, 1.807) is 26.0 Å². The van der Waals surface area contributed by atoms with Crippen molar-refractivity contribution in [2.24, 2.45) is 11.7 Å². The first kappa shape index (κ1) is 44.3. The summed E-state index contributed by atoms with van der Waals surface area (Å²) < 4.78 is 0. The first-order chi connectivity index (χ1) is 24.3. The van der Waals surface area contributed by atoms with Crippen LogP contribution in [0.1, 0.15) is 65.9 Å². The second-order valence-electron chi connectivity index (χ2n) is 12.2. The number of amides is 8. The molecule has 0 saturated heterocycles. The van der Waals surface area contributed by atoms with Gasteiger partial charge >= 0.3 is 5.97 Å². The number of rotatable bonds is 22. The van der Waals surface area contributed by atoms with Gasteiger partial charge in [-0.05, 0) is 43.4 Å². The lowest BCUT2D eigenvalue weighted by Crippen LogP contribution is -2.60. The van der Waals surface area contributed by atoms with Gasteiger partial charge in [-0.25, -0.2) is 0 Å². The minimum Gasteiger partial charge on any atom is -0.508 e. The van der Waals surface area contributed by atoms with Crippen LogP contribution in [-0.2, 0) is 49.6 Å². The Morgan fingerprint density at radius 1 is 0.712 bits per heavy atom. The van der Waals surface area contributed by atoms with Crippen LogP contribution in [-0.4, -0.2) is 107 Å². The quantitative estimate of drug-likeness (QED) is 0.0591. The Kier molecular flexibility index (Phi) is 18.9. The van der Waals surface area contributed by atoms with Gasteiger partial charge in [0.1, 0.15) is 36.0 Å². The lowest BCUT2D eigenvalue weighted by molar-refractivity contribution is -0.138. The minimum atomic E-state index is -1.47. The van der Waals surface area contributed by atoms with Crippen molar-refractivity contribution < 1.29 is 53.4 Å². The summed E-state index contributed by atoms with van der Waals surface area (Å²) in [6.45, 7) is 6.48. The number of phenolic OH excluding ortho intramolecular Hbond substituents is 1. The first-order valence-electron chi connectivity index (χ1n) is 16.6. The lowest BCUT2D eigenvalue weighted by Gasteiger charge is -2.28. The van der Waals surface area contributed by atoms with Gasteiger partial charge in [0.15, 0.2) is 0 Å². The van der Waals surface area contributed by atoms with Gasteiger partial charge in [0.2, 0.25) is 47.3 Å². The molecular formula is C33H50N8O11. The second-order valence-corrected chi connectivity index (χ2v) is 12.2. The summed E-state index contributed by atoms with van der Waals surface area (Å²) >= 11 is 0. The van der Waals surface area contributed by atoms with Crippen LogP contribution in [0.25, 0.3) is 0 Å². The standard InChI is InChI=1S/C33H50N8O11/c1-6-17(2)28(33(52)40-24(13-14-35-19(4)42)31(50)37-18(3)29(34)48)41-32(51)23(11-12-27(46)47)39-26(45)16-36-30(49)25(38-20(5)43)15-21-7-9-22(44)10-8-21/h7-10,17-18,23-25,28,44H,6,11-16H2,1-5H3,(H2,34,48)(H,35,42)(H,36,49)(H,37,50)(H,38,43)(H,39,45)(H,40,52)(H,41,51)(H,46,47)/t17-,18-,23-,24-,25-,28-/m0/s1. The van der Waals surface area contributed by atoms with Crippen molar-refractivity contribution >= 4 is 53.2 Å². The zero-order valence-corrected chi connectivity index (χ0v) is 29.9. The third-order valence-electron chi connectivity index (χ3n) is 7.81. The molecule has 0 radical (unpaired) electrons. The van der Waals surface area contributed by atoms with E-state index in [4.69, 9.17) is 5.73 Å². The lowest BCUT2D eigenvalue weighted by atomic mass is 9.97. The SMILES string of the molecule is CC[C@H](C)[C@H](NC(=O)[C@H](CCC(=O)O)NC(=O)CNC(=O)[C@H](Cc1ccc(O)cc1)NC(C)=O)C(=O)N[C@@H](CCNC(C)=O)C(=O)N[C@@H](C)C(N)=O. The molecule has 0 aliphatic carbocycles. The van der Waals surface area contributed by atoms with Gasteiger partial charge < -0.3 is 53.2 Å². The van der Waals surface area contributed by atoms with Crippen molar-refractivity contribution in [2.75, 3.05) is 13.1 Å². The van der Waals surface area contributed by atoms with Crippen LogP contribution in [0, 0.1) is 5.92 Å². The fourth-order valence-corrected chi connectivity index (χ4v) is 4.66. The van der Waals surface area contributed by atoms with E-state index >= 15 is 0 Å². The predicted octanol–water partition coefficient (Wildman–Crippen LogP) is -2.56. The normalized spacial score (nSPS) is 14.1. The molecule has 0 bridgehead atoms. The van der Waals surface area contributed by atoms with Crippen LogP contribution in [0.5, 0.6) is 5.75 Å². The van der Waals surface area contributed by atoms with E-state index in [1.807, 2.05) is 0 Å². The molecule has 19 heteroatoms. The smallest absolute Gasteiger partial charge is 0.303 e. The number of benzene rings is 1. The zero-order valence-electron chi connectivity index (χ0n) is 29.9. The maximum absolute atomic E-state index is 13.5. The fourth-order valence-electron chi connectivity index (χ4n) is 4.66. The predicted molar refractivity (Wildman–Crippen MR) is 185 cm³/mol. The van der Waals surface area contributed by atoms with Crippen molar-refractivity contribution in [2.45, 2.75) is 96.9 Å². The number of carboxylic acid groups (broad SMARTS) is 1. The molecule has 288 valence electrons. The van der Waals surface area contributed by atoms with Crippen molar-refractivity contribution in [3.05, 3.63) is 29.8 Å². The third-order valence-corrected chi connectivity index (χ3v) is 7.81. The van der Waals surface area contributed by atoms with Crippen molar-refractivity contribution in [3.8, 4) is 5.75 Å². The molecule has 11 N–H and O–H groups in total. The highest BCUT2D eigenvalue weighted by atomic mass is 16.4. The number of carboxylic acids is 1. The molecule has 19 nitrogen and oxygen atoms in total. The van der Waals surface area contributed by atoms with E-state index in [9.17, 15) is 53.4 Å². The molecule has 0 fully saturated rings. The van der Waals surface area contributed by atoms with E-state index in [2.05, 4.69) is 37.2 Å². The molecule has 0 heterocycles. The molecule has 8 amide bonds. The molecule has 1 rings (SSSR count). The number of aliphatic carboxylic acids is 1. The topological polar surface area (TPSA) is 304 Å². The highest BCUT2D eigenvalue weighted by molar-refractivity contribution is 5.96.